The van der Waals surface area contributed by atoms with Gasteiger partial charge in [0.15, 0.2) is 0 Å². The summed E-state index contributed by atoms with van der Waals surface area (Å²) >= 11 is 0. The summed E-state index contributed by atoms with van der Waals surface area (Å²) in [7, 11) is -3.51. The molecule has 0 bridgehead atoms. The number of aromatic nitrogens is 1. The molecular weight excluding hydrogens is 262 g/mol. The lowest BCUT2D eigenvalue weighted by Crippen LogP contribution is -2.28. The van der Waals surface area contributed by atoms with Gasteiger partial charge < -0.3 is 0 Å². The van der Waals surface area contributed by atoms with Gasteiger partial charge in [0.1, 0.15) is 16.7 Å². The maximum Gasteiger partial charge on any atom is 0.242 e. The standard InChI is InChI=1S/C13H17N3O2S/c1-10-2-3-11(6-10)8-16-19(17,18)13-5-4-12(7-14)15-9-13/h4-5,9-11,16H,2-3,6,8H2,1H3. The number of pyridine rings is 1. The summed E-state index contributed by atoms with van der Waals surface area (Å²) in [4.78, 5) is 3.88. The molecule has 0 spiro atoms. The van der Waals surface area contributed by atoms with Crippen LogP contribution in [-0.4, -0.2) is 19.9 Å². The Bertz CT molecular complexity index is 575. The molecule has 0 aromatic carbocycles. The second-order valence-electron chi connectivity index (χ2n) is 5.13. The van der Waals surface area contributed by atoms with Crippen LogP contribution < -0.4 is 4.72 Å². The Hall–Kier alpha value is -1.45. The van der Waals surface area contributed by atoms with Gasteiger partial charge in [-0.25, -0.2) is 18.1 Å². The first kappa shape index (κ1) is 14.0. The van der Waals surface area contributed by atoms with Crippen LogP contribution >= 0.6 is 0 Å². The Kier molecular flexibility index (Phi) is 4.17. The molecule has 2 unspecified atom stereocenters. The molecule has 1 aliphatic rings. The monoisotopic (exact) mass is 279 g/mol. The minimum atomic E-state index is -3.51. The molecular formula is C13H17N3O2S. The Balaban J connectivity index is 1.99. The predicted octanol–water partition coefficient (Wildman–Crippen LogP) is 1.67. The van der Waals surface area contributed by atoms with E-state index in [1.54, 1.807) is 0 Å². The highest BCUT2D eigenvalue weighted by Gasteiger charge is 2.23. The van der Waals surface area contributed by atoms with Gasteiger partial charge in [-0.05, 0) is 36.8 Å². The zero-order valence-corrected chi connectivity index (χ0v) is 11.7. The van der Waals surface area contributed by atoms with Crippen molar-refractivity contribution in [2.24, 2.45) is 11.8 Å². The molecule has 0 radical (unpaired) electrons. The molecule has 0 saturated heterocycles. The zero-order valence-electron chi connectivity index (χ0n) is 10.8. The van der Waals surface area contributed by atoms with Crippen LogP contribution in [0.25, 0.3) is 0 Å². The Morgan fingerprint density at radius 1 is 1.47 bits per heavy atom. The van der Waals surface area contributed by atoms with E-state index in [2.05, 4.69) is 16.6 Å². The van der Waals surface area contributed by atoms with Crippen LogP contribution in [0.1, 0.15) is 31.9 Å². The van der Waals surface area contributed by atoms with Crippen molar-refractivity contribution in [3.05, 3.63) is 24.0 Å². The van der Waals surface area contributed by atoms with Crippen LogP contribution in [0.15, 0.2) is 23.2 Å². The smallest absolute Gasteiger partial charge is 0.242 e. The second-order valence-corrected chi connectivity index (χ2v) is 6.89. The van der Waals surface area contributed by atoms with Gasteiger partial charge in [0.2, 0.25) is 10.0 Å². The highest BCUT2D eigenvalue weighted by Crippen LogP contribution is 2.29. The maximum absolute atomic E-state index is 12.0. The molecule has 1 aromatic heterocycles. The van der Waals surface area contributed by atoms with E-state index in [0.717, 1.165) is 12.8 Å². The van der Waals surface area contributed by atoms with Crippen molar-refractivity contribution in [3.8, 4) is 6.07 Å². The van der Waals surface area contributed by atoms with Crippen molar-refractivity contribution >= 4 is 10.0 Å². The molecule has 2 atom stereocenters. The SMILES string of the molecule is CC1CCC(CNS(=O)(=O)c2ccc(C#N)nc2)C1. The lowest BCUT2D eigenvalue weighted by Gasteiger charge is -2.11. The normalized spacial score (nSPS) is 23.2. The molecule has 1 aromatic rings. The Labute approximate surface area is 113 Å². The molecule has 0 amide bonds. The fourth-order valence-corrected chi connectivity index (χ4v) is 3.49. The number of hydrogen-bond donors (Lipinski definition) is 1. The molecule has 19 heavy (non-hydrogen) atoms. The Morgan fingerprint density at radius 2 is 2.26 bits per heavy atom. The van der Waals surface area contributed by atoms with Crippen molar-refractivity contribution < 1.29 is 8.42 Å². The average molecular weight is 279 g/mol. The first-order chi connectivity index (χ1) is 9.01. The van der Waals surface area contributed by atoms with Crippen LogP contribution in [0.2, 0.25) is 0 Å². The van der Waals surface area contributed by atoms with Gasteiger partial charge in [-0.1, -0.05) is 13.3 Å². The summed E-state index contributed by atoms with van der Waals surface area (Å²) < 4.78 is 26.7. The molecule has 1 saturated carbocycles. The second kappa shape index (κ2) is 5.68. The van der Waals surface area contributed by atoms with Crippen LogP contribution in [0.5, 0.6) is 0 Å². The topological polar surface area (TPSA) is 82.9 Å². The molecule has 5 nitrogen and oxygen atoms in total. The fourth-order valence-electron chi connectivity index (χ4n) is 2.43. The highest BCUT2D eigenvalue weighted by molar-refractivity contribution is 7.89. The number of sulfonamides is 1. The van der Waals surface area contributed by atoms with Gasteiger partial charge in [0, 0.05) is 12.7 Å². The van der Waals surface area contributed by atoms with Gasteiger partial charge >= 0.3 is 0 Å². The summed E-state index contributed by atoms with van der Waals surface area (Å²) in [5.41, 5.74) is 0.212. The third-order valence-electron chi connectivity index (χ3n) is 3.53. The van der Waals surface area contributed by atoms with Crippen molar-refractivity contribution in [1.82, 2.24) is 9.71 Å². The summed E-state index contributed by atoms with van der Waals surface area (Å²) in [6.45, 7) is 2.67. The molecule has 2 rings (SSSR count). The molecule has 102 valence electrons. The van der Waals surface area contributed by atoms with Crippen molar-refractivity contribution in [2.45, 2.75) is 31.1 Å². The summed E-state index contributed by atoms with van der Waals surface area (Å²) in [6, 6.07) is 4.68. The first-order valence-corrected chi connectivity index (χ1v) is 7.85. The van der Waals surface area contributed by atoms with E-state index in [1.165, 1.54) is 24.8 Å². The first-order valence-electron chi connectivity index (χ1n) is 6.37. The highest BCUT2D eigenvalue weighted by atomic mass is 32.2. The molecule has 1 aliphatic carbocycles. The van der Waals surface area contributed by atoms with Crippen molar-refractivity contribution in [1.29, 1.82) is 5.26 Å². The Morgan fingerprint density at radius 3 is 2.79 bits per heavy atom. The van der Waals surface area contributed by atoms with Crippen LogP contribution in [0.4, 0.5) is 0 Å². The van der Waals surface area contributed by atoms with Gasteiger partial charge in [-0.15, -0.1) is 0 Å². The average Bonchev–Trinajstić information content (AvgIpc) is 2.82. The van der Waals surface area contributed by atoms with Gasteiger partial charge in [-0.3, -0.25) is 0 Å². The van der Waals surface area contributed by atoms with Crippen LogP contribution in [0, 0.1) is 23.2 Å². The van der Waals surface area contributed by atoms with E-state index >= 15 is 0 Å². The number of hydrogen-bond acceptors (Lipinski definition) is 4. The summed E-state index contributed by atoms with van der Waals surface area (Å²) in [6.07, 6.45) is 4.55. The van der Waals surface area contributed by atoms with E-state index < -0.39 is 10.0 Å². The van der Waals surface area contributed by atoms with Crippen molar-refractivity contribution in [3.63, 3.8) is 0 Å². The van der Waals surface area contributed by atoms with Gasteiger partial charge in [-0.2, -0.15) is 5.26 Å². The summed E-state index contributed by atoms with van der Waals surface area (Å²) in [5, 5.41) is 8.63. The van der Waals surface area contributed by atoms with E-state index in [1.807, 2.05) is 6.07 Å². The van der Waals surface area contributed by atoms with E-state index in [9.17, 15) is 8.42 Å². The zero-order chi connectivity index (χ0) is 13.9. The number of nitrogens with zero attached hydrogens (tertiary/aromatic N) is 2. The minimum absolute atomic E-state index is 0.109. The molecule has 1 fully saturated rings. The third kappa shape index (κ3) is 3.52. The van der Waals surface area contributed by atoms with E-state index in [0.29, 0.717) is 18.4 Å². The number of nitrogens with one attached hydrogen (secondary N) is 1. The van der Waals surface area contributed by atoms with E-state index in [4.69, 9.17) is 5.26 Å². The molecule has 1 N–H and O–H groups in total. The predicted molar refractivity (Wildman–Crippen MR) is 70.6 cm³/mol. The van der Waals surface area contributed by atoms with E-state index in [-0.39, 0.29) is 10.6 Å². The molecule has 6 heteroatoms. The van der Waals surface area contributed by atoms with Crippen LogP contribution in [-0.2, 0) is 10.0 Å². The number of nitriles is 1. The summed E-state index contributed by atoms with van der Waals surface area (Å²) in [5.74, 6) is 1.11. The minimum Gasteiger partial charge on any atom is -0.244 e. The fraction of sp³-hybridized carbons (Fsp3) is 0.538. The van der Waals surface area contributed by atoms with Crippen LogP contribution in [0.3, 0.4) is 0 Å². The number of rotatable bonds is 4. The largest absolute Gasteiger partial charge is 0.244 e. The maximum atomic E-state index is 12.0. The quantitative estimate of drug-likeness (QED) is 0.908. The molecule has 0 aliphatic heterocycles. The lowest BCUT2D eigenvalue weighted by atomic mass is 10.1. The third-order valence-corrected chi connectivity index (χ3v) is 4.94. The van der Waals surface area contributed by atoms with Gasteiger partial charge in [0.25, 0.3) is 0 Å². The lowest BCUT2D eigenvalue weighted by molar-refractivity contribution is 0.498. The molecule has 1 heterocycles. The van der Waals surface area contributed by atoms with Crippen molar-refractivity contribution in [2.75, 3.05) is 6.54 Å². The van der Waals surface area contributed by atoms with Gasteiger partial charge in [0.05, 0.1) is 0 Å².